The van der Waals surface area contributed by atoms with E-state index >= 15 is 0 Å². The molecule has 0 unspecified atom stereocenters. The normalized spacial score (nSPS) is 10.5. The van der Waals surface area contributed by atoms with Crippen LogP contribution in [-0.2, 0) is 0 Å². The second-order valence-electron chi connectivity index (χ2n) is 4.88. The fourth-order valence-electron chi connectivity index (χ4n) is 2.35. The first-order chi connectivity index (χ1) is 9.78. The summed E-state index contributed by atoms with van der Waals surface area (Å²) in [6.07, 6.45) is 4.08. The van der Waals surface area contributed by atoms with Gasteiger partial charge >= 0.3 is 0 Å². The van der Waals surface area contributed by atoms with Gasteiger partial charge < -0.3 is 9.72 Å². The van der Waals surface area contributed by atoms with Crippen LogP contribution in [0, 0.1) is 6.92 Å². The summed E-state index contributed by atoms with van der Waals surface area (Å²) < 4.78 is 5.21. The maximum Gasteiger partial charge on any atom is 0.118 e. The van der Waals surface area contributed by atoms with E-state index in [0.29, 0.717) is 0 Å². The van der Waals surface area contributed by atoms with Gasteiger partial charge in [-0.3, -0.25) is 0 Å². The van der Waals surface area contributed by atoms with Gasteiger partial charge in [-0.05, 0) is 30.2 Å². The third-order valence-corrected chi connectivity index (χ3v) is 3.51. The highest BCUT2D eigenvalue weighted by Crippen LogP contribution is 2.32. The summed E-state index contributed by atoms with van der Waals surface area (Å²) in [5.41, 5.74) is 6.10. The molecule has 0 amide bonds. The Morgan fingerprint density at radius 1 is 0.750 bits per heavy atom. The number of rotatable bonds is 3. The molecule has 0 saturated heterocycles. The monoisotopic (exact) mass is 263 g/mol. The van der Waals surface area contributed by atoms with Crippen LogP contribution in [0.4, 0.5) is 0 Å². The van der Waals surface area contributed by atoms with Gasteiger partial charge in [0, 0.05) is 23.5 Å². The molecule has 0 bridgehead atoms. The van der Waals surface area contributed by atoms with E-state index in [0.717, 1.165) is 5.75 Å². The van der Waals surface area contributed by atoms with E-state index < -0.39 is 0 Å². The lowest BCUT2D eigenvalue weighted by atomic mass is 9.98. The summed E-state index contributed by atoms with van der Waals surface area (Å²) in [5, 5.41) is 0. The number of methoxy groups -OCH3 is 1. The predicted molar refractivity (Wildman–Crippen MR) is 83.0 cm³/mol. The first-order valence-corrected chi connectivity index (χ1v) is 6.66. The zero-order valence-electron chi connectivity index (χ0n) is 11.7. The molecule has 1 aromatic heterocycles. The Morgan fingerprint density at radius 2 is 1.25 bits per heavy atom. The zero-order valence-corrected chi connectivity index (χ0v) is 11.7. The van der Waals surface area contributed by atoms with Crippen LogP contribution in [0.25, 0.3) is 22.3 Å². The van der Waals surface area contributed by atoms with Gasteiger partial charge in [0.15, 0.2) is 0 Å². The molecule has 0 atom stereocenters. The molecule has 0 aliphatic carbocycles. The molecule has 3 rings (SSSR count). The third-order valence-electron chi connectivity index (χ3n) is 3.51. The van der Waals surface area contributed by atoms with Crippen molar-refractivity contribution in [1.82, 2.24) is 4.98 Å². The van der Waals surface area contributed by atoms with Crippen LogP contribution in [-0.4, -0.2) is 12.1 Å². The quantitative estimate of drug-likeness (QED) is 0.730. The second-order valence-corrected chi connectivity index (χ2v) is 4.88. The molecule has 1 N–H and O–H groups in total. The molecular formula is C18H17NO. The molecule has 0 radical (unpaired) electrons. The van der Waals surface area contributed by atoms with Crippen molar-refractivity contribution < 1.29 is 4.74 Å². The van der Waals surface area contributed by atoms with Crippen LogP contribution < -0.4 is 4.74 Å². The predicted octanol–water partition coefficient (Wildman–Crippen LogP) is 4.67. The molecule has 0 aliphatic heterocycles. The summed E-state index contributed by atoms with van der Waals surface area (Å²) >= 11 is 0. The van der Waals surface area contributed by atoms with Gasteiger partial charge in [0.25, 0.3) is 0 Å². The third kappa shape index (κ3) is 2.32. The Labute approximate surface area is 119 Å². The molecule has 1 heterocycles. The maximum atomic E-state index is 5.21. The highest BCUT2D eigenvalue weighted by Gasteiger charge is 2.08. The van der Waals surface area contributed by atoms with Crippen molar-refractivity contribution in [2.45, 2.75) is 6.92 Å². The first-order valence-electron chi connectivity index (χ1n) is 6.66. The van der Waals surface area contributed by atoms with Gasteiger partial charge in [-0.1, -0.05) is 42.0 Å². The van der Waals surface area contributed by atoms with E-state index in [2.05, 4.69) is 48.3 Å². The lowest BCUT2D eigenvalue weighted by molar-refractivity contribution is 0.415. The summed E-state index contributed by atoms with van der Waals surface area (Å²) in [6, 6.07) is 16.7. The minimum atomic E-state index is 0.876. The van der Waals surface area contributed by atoms with Crippen molar-refractivity contribution in [2.75, 3.05) is 7.11 Å². The van der Waals surface area contributed by atoms with Gasteiger partial charge in [0.1, 0.15) is 5.75 Å². The molecular weight excluding hydrogens is 246 g/mol. The maximum absolute atomic E-state index is 5.21. The molecule has 2 aromatic carbocycles. The average Bonchev–Trinajstić information content (AvgIpc) is 2.97. The molecule has 0 spiro atoms. The smallest absolute Gasteiger partial charge is 0.118 e. The van der Waals surface area contributed by atoms with E-state index in [9.17, 15) is 0 Å². The van der Waals surface area contributed by atoms with Crippen LogP contribution in [0.2, 0.25) is 0 Å². The minimum absolute atomic E-state index is 0.876. The van der Waals surface area contributed by atoms with E-state index in [-0.39, 0.29) is 0 Å². The van der Waals surface area contributed by atoms with Crippen molar-refractivity contribution >= 4 is 0 Å². The fraction of sp³-hybridized carbons (Fsp3) is 0.111. The first kappa shape index (κ1) is 12.5. The molecule has 0 aliphatic rings. The van der Waals surface area contributed by atoms with Crippen molar-refractivity contribution in [3.63, 3.8) is 0 Å². The molecule has 0 fully saturated rings. The van der Waals surface area contributed by atoms with Crippen LogP contribution in [0.5, 0.6) is 5.75 Å². The topological polar surface area (TPSA) is 25.0 Å². The van der Waals surface area contributed by atoms with Gasteiger partial charge in [0.05, 0.1) is 7.11 Å². The fourth-order valence-corrected chi connectivity index (χ4v) is 2.35. The van der Waals surface area contributed by atoms with Crippen molar-refractivity contribution in [3.05, 3.63) is 66.5 Å². The molecule has 2 heteroatoms. The molecule has 2 nitrogen and oxygen atoms in total. The highest BCUT2D eigenvalue weighted by molar-refractivity contribution is 5.83. The lowest BCUT2D eigenvalue weighted by Crippen LogP contribution is -1.83. The number of benzene rings is 2. The number of aryl methyl sites for hydroxylation is 1. The number of hydrogen-bond donors (Lipinski definition) is 1. The Bertz CT molecular complexity index is 693. The zero-order chi connectivity index (χ0) is 13.9. The number of aromatic nitrogens is 1. The van der Waals surface area contributed by atoms with Gasteiger partial charge in [0.2, 0.25) is 0 Å². The summed E-state index contributed by atoms with van der Waals surface area (Å²) in [7, 11) is 1.68. The highest BCUT2D eigenvalue weighted by atomic mass is 16.5. The SMILES string of the molecule is COc1ccc(-c2c[nH]cc2-c2ccc(C)cc2)cc1. The second kappa shape index (κ2) is 5.25. The van der Waals surface area contributed by atoms with Gasteiger partial charge in [-0.15, -0.1) is 0 Å². The Kier molecular flexibility index (Phi) is 3.30. The number of H-pyrrole nitrogens is 1. The molecule has 20 heavy (non-hydrogen) atoms. The van der Waals surface area contributed by atoms with Crippen LogP contribution in [0.15, 0.2) is 60.9 Å². The number of ether oxygens (including phenoxy) is 1. The average molecular weight is 263 g/mol. The largest absolute Gasteiger partial charge is 0.497 e. The Morgan fingerprint density at radius 3 is 1.75 bits per heavy atom. The molecule has 0 saturated carbocycles. The molecule has 100 valence electrons. The van der Waals surface area contributed by atoms with E-state index in [1.165, 1.54) is 27.8 Å². The number of aromatic amines is 1. The van der Waals surface area contributed by atoms with E-state index in [4.69, 9.17) is 4.74 Å². The van der Waals surface area contributed by atoms with Crippen molar-refractivity contribution in [3.8, 4) is 28.0 Å². The Balaban J connectivity index is 2.02. The lowest BCUT2D eigenvalue weighted by Gasteiger charge is -2.06. The molecule has 3 aromatic rings. The van der Waals surface area contributed by atoms with Gasteiger partial charge in [-0.25, -0.2) is 0 Å². The summed E-state index contributed by atoms with van der Waals surface area (Å²) in [4.78, 5) is 3.21. The standard InChI is InChI=1S/C18H17NO/c1-13-3-5-14(6-4-13)17-11-19-12-18(17)15-7-9-16(20-2)10-8-15/h3-12,19H,1-2H3. The van der Waals surface area contributed by atoms with Crippen LogP contribution >= 0.6 is 0 Å². The van der Waals surface area contributed by atoms with E-state index in [1.807, 2.05) is 24.5 Å². The van der Waals surface area contributed by atoms with Crippen LogP contribution in [0.3, 0.4) is 0 Å². The Hall–Kier alpha value is -2.48. The van der Waals surface area contributed by atoms with Crippen molar-refractivity contribution in [1.29, 1.82) is 0 Å². The van der Waals surface area contributed by atoms with Crippen LogP contribution in [0.1, 0.15) is 5.56 Å². The number of nitrogens with one attached hydrogen (secondary N) is 1. The summed E-state index contributed by atoms with van der Waals surface area (Å²) in [6.45, 7) is 2.10. The van der Waals surface area contributed by atoms with Gasteiger partial charge in [-0.2, -0.15) is 0 Å². The minimum Gasteiger partial charge on any atom is -0.497 e. The van der Waals surface area contributed by atoms with E-state index in [1.54, 1.807) is 7.11 Å². The van der Waals surface area contributed by atoms with Crippen molar-refractivity contribution in [2.24, 2.45) is 0 Å². The number of hydrogen-bond acceptors (Lipinski definition) is 1. The summed E-state index contributed by atoms with van der Waals surface area (Å²) in [5.74, 6) is 0.876.